The van der Waals surface area contributed by atoms with E-state index >= 15 is 0 Å². The summed E-state index contributed by atoms with van der Waals surface area (Å²) in [5.74, 6) is -0.381. The van der Waals surface area contributed by atoms with Gasteiger partial charge in [-0.15, -0.1) is 11.8 Å². The van der Waals surface area contributed by atoms with E-state index in [-0.39, 0.29) is 18.4 Å². The van der Waals surface area contributed by atoms with Crippen LogP contribution in [0, 0.1) is 0 Å². The van der Waals surface area contributed by atoms with Crippen molar-refractivity contribution in [2.45, 2.75) is 11.4 Å². The number of benzene rings is 2. The number of carbonyl (C=O) groups excluding carboxylic acids is 2. The maximum absolute atomic E-state index is 12.8. The van der Waals surface area contributed by atoms with Gasteiger partial charge in [-0.2, -0.15) is 0 Å². The summed E-state index contributed by atoms with van der Waals surface area (Å²) in [6.45, 7) is 4.08. The van der Waals surface area contributed by atoms with Gasteiger partial charge in [0.15, 0.2) is 0 Å². The lowest BCUT2D eigenvalue weighted by Crippen LogP contribution is -2.36. The first-order valence-electron chi connectivity index (χ1n) is 9.64. The van der Waals surface area contributed by atoms with Crippen LogP contribution in [0.25, 0.3) is 0 Å². The van der Waals surface area contributed by atoms with E-state index in [0.29, 0.717) is 5.56 Å². The second-order valence-corrected chi connectivity index (χ2v) is 7.85. The van der Waals surface area contributed by atoms with Gasteiger partial charge in [0.05, 0.1) is 25.4 Å². The van der Waals surface area contributed by atoms with E-state index in [1.807, 2.05) is 48.7 Å². The minimum absolute atomic E-state index is 0.00472. The van der Waals surface area contributed by atoms with Gasteiger partial charge in [-0.25, -0.2) is 0 Å². The van der Waals surface area contributed by atoms with Crippen LogP contribution in [0.15, 0.2) is 53.4 Å². The number of hydrogen-bond acceptors (Lipinski definition) is 5. The molecule has 1 saturated heterocycles. The Morgan fingerprint density at radius 1 is 1.14 bits per heavy atom. The fraction of sp³-hybridized carbons (Fsp3) is 0.364. The highest BCUT2D eigenvalue weighted by Crippen LogP contribution is 2.24. The van der Waals surface area contributed by atoms with E-state index in [0.717, 1.165) is 49.0 Å². The lowest BCUT2D eigenvalue weighted by molar-refractivity contribution is -0.116. The molecule has 154 valence electrons. The van der Waals surface area contributed by atoms with Crippen LogP contribution in [-0.4, -0.2) is 67.8 Å². The predicted octanol–water partition coefficient (Wildman–Crippen LogP) is 2.95. The summed E-state index contributed by atoms with van der Waals surface area (Å²) >= 11 is 1.57. The maximum Gasteiger partial charge on any atom is 0.254 e. The molecule has 6 nitrogen and oxygen atoms in total. The van der Waals surface area contributed by atoms with Crippen molar-refractivity contribution < 1.29 is 14.3 Å². The average Bonchev–Trinajstić information content (AvgIpc) is 2.74. The minimum Gasteiger partial charge on any atom is -0.379 e. The Balaban J connectivity index is 1.59. The molecular formula is C22H27N3O3S. The molecule has 1 fully saturated rings. The molecule has 0 saturated carbocycles. The zero-order valence-corrected chi connectivity index (χ0v) is 17.7. The van der Waals surface area contributed by atoms with E-state index in [2.05, 4.69) is 10.2 Å². The monoisotopic (exact) mass is 413 g/mol. The first-order valence-corrected chi connectivity index (χ1v) is 10.9. The molecule has 1 aliphatic heterocycles. The van der Waals surface area contributed by atoms with Gasteiger partial charge < -0.3 is 15.0 Å². The van der Waals surface area contributed by atoms with Crippen molar-refractivity contribution in [1.82, 2.24) is 9.80 Å². The Hall–Kier alpha value is -2.35. The fourth-order valence-corrected chi connectivity index (χ4v) is 3.82. The van der Waals surface area contributed by atoms with Crippen LogP contribution in [0.5, 0.6) is 0 Å². The highest BCUT2D eigenvalue weighted by molar-refractivity contribution is 7.98. The Bertz CT molecular complexity index is 853. The summed E-state index contributed by atoms with van der Waals surface area (Å²) in [7, 11) is 1.65. The van der Waals surface area contributed by atoms with Gasteiger partial charge in [0.2, 0.25) is 5.91 Å². The fourth-order valence-electron chi connectivity index (χ4n) is 3.27. The second kappa shape index (κ2) is 10.4. The molecule has 0 aliphatic carbocycles. The number of carbonyl (C=O) groups is 2. The van der Waals surface area contributed by atoms with Crippen molar-refractivity contribution in [1.29, 1.82) is 0 Å². The predicted molar refractivity (Wildman–Crippen MR) is 116 cm³/mol. The van der Waals surface area contributed by atoms with Gasteiger partial charge >= 0.3 is 0 Å². The van der Waals surface area contributed by atoms with Crippen LogP contribution in [0.4, 0.5) is 5.69 Å². The van der Waals surface area contributed by atoms with Crippen LogP contribution in [0.3, 0.4) is 0 Å². The molecule has 29 heavy (non-hydrogen) atoms. The molecule has 0 atom stereocenters. The number of nitrogens with one attached hydrogen (secondary N) is 1. The van der Waals surface area contributed by atoms with Gasteiger partial charge in [0.25, 0.3) is 5.91 Å². The molecule has 0 spiro atoms. The van der Waals surface area contributed by atoms with Crippen molar-refractivity contribution in [2.75, 3.05) is 51.5 Å². The number of anilines is 1. The quantitative estimate of drug-likeness (QED) is 0.707. The lowest BCUT2D eigenvalue weighted by atomic mass is 10.1. The van der Waals surface area contributed by atoms with E-state index < -0.39 is 0 Å². The summed E-state index contributed by atoms with van der Waals surface area (Å²) in [5.41, 5.74) is 2.44. The number of morpholine rings is 1. The Labute approximate surface area is 176 Å². The second-order valence-electron chi connectivity index (χ2n) is 7.00. The lowest BCUT2D eigenvalue weighted by Gasteiger charge is -2.26. The third-order valence-corrected chi connectivity index (χ3v) is 5.59. The molecule has 0 radical (unpaired) electrons. The normalized spacial score (nSPS) is 14.4. The average molecular weight is 414 g/mol. The standard InChI is InChI=1S/C22H27N3O3S/c1-24(16-21(26)23-19-8-3-4-9-20(19)29-2)22(27)18-7-5-6-17(14-18)15-25-10-12-28-13-11-25/h3-9,14H,10-13,15-16H2,1-2H3,(H,23,26). The molecule has 2 aromatic carbocycles. The van der Waals surface area contributed by atoms with Crippen LogP contribution in [-0.2, 0) is 16.1 Å². The molecule has 0 unspecified atom stereocenters. The highest BCUT2D eigenvalue weighted by atomic mass is 32.2. The molecule has 7 heteroatoms. The molecule has 2 aromatic rings. The largest absolute Gasteiger partial charge is 0.379 e. The summed E-state index contributed by atoms with van der Waals surface area (Å²) in [5, 5.41) is 2.89. The van der Waals surface area contributed by atoms with Gasteiger partial charge in [-0.1, -0.05) is 24.3 Å². The van der Waals surface area contributed by atoms with Crippen molar-refractivity contribution in [2.24, 2.45) is 0 Å². The van der Waals surface area contributed by atoms with Gasteiger partial charge in [-0.3, -0.25) is 14.5 Å². The Kier molecular flexibility index (Phi) is 7.69. The Morgan fingerprint density at radius 3 is 2.66 bits per heavy atom. The number of nitrogens with zero attached hydrogens (tertiary/aromatic N) is 2. The van der Waals surface area contributed by atoms with Crippen LogP contribution in [0.2, 0.25) is 0 Å². The summed E-state index contributed by atoms with van der Waals surface area (Å²) < 4.78 is 5.38. The number of hydrogen-bond donors (Lipinski definition) is 1. The summed E-state index contributed by atoms with van der Waals surface area (Å²) in [6.07, 6.45) is 1.96. The zero-order valence-electron chi connectivity index (χ0n) is 16.9. The van der Waals surface area contributed by atoms with Gasteiger partial charge in [0.1, 0.15) is 0 Å². The third kappa shape index (κ3) is 6.06. The molecule has 1 N–H and O–H groups in total. The number of likely N-dealkylation sites (N-methyl/N-ethyl adjacent to an activating group) is 1. The summed E-state index contributed by atoms with van der Waals surface area (Å²) in [4.78, 5) is 30.0. The number of thioether (sulfide) groups is 1. The number of rotatable bonds is 7. The topological polar surface area (TPSA) is 61.9 Å². The van der Waals surface area contributed by atoms with Crippen molar-refractivity contribution in [3.8, 4) is 0 Å². The maximum atomic E-state index is 12.8. The van der Waals surface area contributed by atoms with Crippen LogP contribution < -0.4 is 5.32 Å². The molecule has 1 heterocycles. The first kappa shape index (κ1) is 21.4. The van der Waals surface area contributed by atoms with Gasteiger partial charge in [0, 0.05) is 37.1 Å². The van der Waals surface area contributed by atoms with E-state index in [1.165, 1.54) is 4.90 Å². The number of amides is 2. The first-order chi connectivity index (χ1) is 14.1. The molecule has 0 aromatic heterocycles. The molecule has 0 bridgehead atoms. The molecular weight excluding hydrogens is 386 g/mol. The van der Waals surface area contributed by atoms with Crippen molar-refractivity contribution in [3.05, 3.63) is 59.7 Å². The smallest absolute Gasteiger partial charge is 0.254 e. The molecule has 1 aliphatic rings. The molecule has 3 rings (SSSR count). The molecule has 2 amide bonds. The van der Waals surface area contributed by atoms with Crippen molar-refractivity contribution >= 4 is 29.3 Å². The zero-order chi connectivity index (χ0) is 20.6. The SMILES string of the molecule is CSc1ccccc1NC(=O)CN(C)C(=O)c1cccc(CN2CCOCC2)c1. The van der Waals surface area contributed by atoms with Crippen LogP contribution >= 0.6 is 11.8 Å². The number of ether oxygens (including phenoxy) is 1. The number of para-hydroxylation sites is 1. The van der Waals surface area contributed by atoms with E-state index in [1.54, 1.807) is 24.9 Å². The van der Waals surface area contributed by atoms with Crippen LogP contribution in [0.1, 0.15) is 15.9 Å². The van der Waals surface area contributed by atoms with E-state index in [4.69, 9.17) is 4.74 Å². The third-order valence-electron chi connectivity index (χ3n) is 4.79. The Morgan fingerprint density at radius 2 is 1.90 bits per heavy atom. The van der Waals surface area contributed by atoms with Crippen molar-refractivity contribution in [3.63, 3.8) is 0 Å². The minimum atomic E-state index is -0.216. The highest BCUT2D eigenvalue weighted by Gasteiger charge is 2.17. The van der Waals surface area contributed by atoms with Gasteiger partial charge in [-0.05, 0) is 36.1 Å². The van der Waals surface area contributed by atoms with E-state index in [9.17, 15) is 9.59 Å². The summed E-state index contributed by atoms with van der Waals surface area (Å²) in [6, 6.07) is 15.3.